The highest BCUT2D eigenvalue weighted by Gasteiger charge is 2.32. The average Bonchev–Trinajstić information content (AvgIpc) is 3.67. The van der Waals surface area contributed by atoms with E-state index in [1.54, 1.807) is 0 Å². The number of rotatable bonds is 4. The van der Waals surface area contributed by atoms with Crippen LogP contribution in [0.5, 0.6) is 0 Å². The lowest BCUT2D eigenvalue weighted by Crippen LogP contribution is -2.29. The lowest BCUT2D eigenvalue weighted by Gasteiger charge is -2.18. The lowest BCUT2D eigenvalue weighted by molar-refractivity contribution is -0.659. The summed E-state index contributed by atoms with van der Waals surface area (Å²) in [5, 5.41) is 1.93. The molecule has 5 nitrogen and oxygen atoms in total. The summed E-state index contributed by atoms with van der Waals surface area (Å²) in [4.78, 5) is 9.08. The highest BCUT2D eigenvalue weighted by atomic mass is 32.1. The Kier molecular flexibility index (Phi) is 4.77. The van der Waals surface area contributed by atoms with Crippen molar-refractivity contribution in [2.75, 3.05) is 0 Å². The summed E-state index contributed by atoms with van der Waals surface area (Å²) in [6.45, 7) is 11.1. The summed E-state index contributed by atoms with van der Waals surface area (Å²) in [6, 6.07) is 10.6. The summed E-state index contributed by atoms with van der Waals surface area (Å²) in [6.07, 6.45) is 4.24. The standard InChI is InChI=1S/C31H29N4OS2/c1-16(2)19-8-7-9-20(17(3)4)26(19)35-13-12-34(6)31(35)23-18(5)25-30(38-15-33-25)24-21-10-11-22-29(37-14-32-22)27(21)36-28(23)24/h7-17H,1-6H3/q+1/i14D,15D. The molecule has 0 saturated carbocycles. The van der Waals surface area contributed by atoms with Gasteiger partial charge in [0, 0.05) is 21.9 Å². The van der Waals surface area contributed by atoms with E-state index in [4.69, 9.17) is 12.1 Å². The van der Waals surface area contributed by atoms with Crippen molar-refractivity contribution >= 4 is 65.0 Å². The molecule has 0 aliphatic carbocycles. The van der Waals surface area contributed by atoms with Gasteiger partial charge in [-0.2, -0.15) is 4.57 Å². The molecule has 0 fully saturated rings. The van der Waals surface area contributed by atoms with Crippen LogP contribution >= 0.6 is 22.7 Å². The Labute approximate surface area is 231 Å². The van der Waals surface area contributed by atoms with Gasteiger partial charge in [-0.3, -0.25) is 0 Å². The van der Waals surface area contributed by atoms with Crippen molar-refractivity contribution in [2.45, 2.75) is 46.5 Å². The van der Waals surface area contributed by atoms with E-state index in [0.29, 0.717) is 11.8 Å². The van der Waals surface area contributed by atoms with Crippen molar-refractivity contribution < 1.29 is 11.7 Å². The molecule has 0 aliphatic rings. The lowest BCUT2D eigenvalue weighted by atomic mass is 9.92. The molecule has 0 bridgehead atoms. The number of furan rings is 1. The fourth-order valence-corrected chi connectivity index (χ4v) is 7.30. The number of para-hydroxylation sites is 1. The molecule has 7 rings (SSSR count). The zero-order valence-corrected chi connectivity index (χ0v) is 23.8. The molecular weight excluding hydrogens is 509 g/mol. The van der Waals surface area contributed by atoms with Gasteiger partial charge in [0.1, 0.15) is 23.6 Å². The van der Waals surface area contributed by atoms with E-state index >= 15 is 0 Å². The molecule has 0 aliphatic heterocycles. The molecule has 3 aromatic carbocycles. The first kappa shape index (κ1) is 21.4. The van der Waals surface area contributed by atoms with Gasteiger partial charge in [0.25, 0.3) is 5.82 Å². The predicted octanol–water partition coefficient (Wildman–Crippen LogP) is 8.64. The molecule has 0 amide bonds. The summed E-state index contributed by atoms with van der Waals surface area (Å²) < 4.78 is 29.7. The Balaban J connectivity index is 1.67. The van der Waals surface area contributed by atoms with Crippen molar-refractivity contribution in [3.05, 3.63) is 70.4 Å². The summed E-state index contributed by atoms with van der Waals surface area (Å²) in [5.41, 5.74) is 9.41. The highest BCUT2D eigenvalue weighted by Crippen LogP contribution is 2.46. The van der Waals surface area contributed by atoms with Crippen LogP contribution in [-0.2, 0) is 7.05 Å². The van der Waals surface area contributed by atoms with Gasteiger partial charge in [-0.05, 0) is 36.5 Å². The minimum atomic E-state index is 0.266. The second-order valence-electron chi connectivity index (χ2n) is 10.6. The Morgan fingerprint density at radius 1 is 0.947 bits per heavy atom. The predicted molar refractivity (Wildman–Crippen MR) is 159 cm³/mol. The van der Waals surface area contributed by atoms with Crippen molar-refractivity contribution in [2.24, 2.45) is 7.05 Å². The molecule has 38 heavy (non-hydrogen) atoms. The molecule has 7 heteroatoms. The van der Waals surface area contributed by atoms with E-state index in [1.807, 2.05) is 12.1 Å². The molecule has 0 unspecified atom stereocenters. The van der Waals surface area contributed by atoms with E-state index in [9.17, 15) is 0 Å². The van der Waals surface area contributed by atoms with Gasteiger partial charge in [-0.1, -0.05) is 45.9 Å². The number of imidazole rings is 1. The fourth-order valence-electron chi connectivity index (χ4n) is 5.77. The second kappa shape index (κ2) is 8.48. The molecule has 4 heterocycles. The normalized spacial score (nSPS) is 13.2. The number of thiazole rings is 2. The van der Waals surface area contributed by atoms with Gasteiger partial charge in [-0.25, -0.2) is 14.5 Å². The van der Waals surface area contributed by atoms with Crippen LogP contribution in [0.2, 0.25) is 0 Å². The fraction of sp³-hybridized carbons (Fsp3) is 0.258. The van der Waals surface area contributed by atoms with Gasteiger partial charge in [0.15, 0.2) is 11.2 Å². The van der Waals surface area contributed by atoms with Crippen molar-refractivity contribution in [3.63, 3.8) is 0 Å². The molecule has 0 radical (unpaired) electrons. The third-order valence-electron chi connectivity index (χ3n) is 7.62. The number of hydrogen-bond acceptors (Lipinski definition) is 5. The SMILES string of the molecule is [2H]c1nc2ccc3c(oc4c(-c5n(-c6c(C(C)C)cccc6C(C)C)cc[n+]5C)c(C)c5nc([2H])sc5c43)c2s1. The summed E-state index contributed by atoms with van der Waals surface area (Å²) >= 11 is 2.71. The van der Waals surface area contributed by atoms with E-state index < -0.39 is 0 Å². The number of aryl methyl sites for hydroxylation is 2. The van der Waals surface area contributed by atoms with Crippen LogP contribution in [0, 0.1) is 6.92 Å². The molecule has 4 aromatic heterocycles. The summed E-state index contributed by atoms with van der Waals surface area (Å²) in [5.74, 6) is 1.68. The first-order valence-electron chi connectivity index (χ1n) is 13.9. The number of fused-ring (bicyclic) bond motifs is 7. The van der Waals surface area contributed by atoms with E-state index in [-0.39, 0.29) is 11.0 Å². The molecule has 7 aromatic rings. The van der Waals surface area contributed by atoms with Gasteiger partial charge >= 0.3 is 0 Å². The Bertz CT molecular complexity index is 2100. The Morgan fingerprint density at radius 3 is 2.39 bits per heavy atom. The average molecular weight is 540 g/mol. The molecule has 0 spiro atoms. The zero-order chi connectivity index (χ0) is 28.0. The number of aromatic nitrogens is 4. The summed E-state index contributed by atoms with van der Waals surface area (Å²) in [7, 11) is 2.07. The molecule has 0 atom stereocenters. The van der Waals surface area contributed by atoms with Gasteiger partial charge in [0.2, 0.25) is 0 Å². The zero-order valence-electron chi connectivity index (χ0n) is 24.2. The third kappa shape index (κ3) is 3.18. The van der Waals surface area contributed by atoms with Crippen LogP contribution in [0.4, 0.5) is 0 Å². The maximum absolute atomic E-state index is 8.44. The minimum Gasteiger partial charge on any atom is -0.453 e. The highest BCUT2D eigenvalue weighted by molar-refractivity contribution is 7.18. The number of hydrogen-bond donors (Lipinski definition) is 0. The van der Waals surface area contributed by atoms with Gasteiger partial charge < -0.3 is 4.42 Å². The molecule has 190 valence electrons. The molecular formula is C31H29N4OS2+. The van der Waals surface area contributed by atoms with E-state index in [2.05, 4.69) is 86.4 Å². The topological polar surface area (TPSA) is 47.7 Å². The quantitative estimate of drug-likeness (QED) is 0.210. The van der Waals surface area contributed by atoms with E-state index in [0.717, 1.165) is 59.3 Å². The molecule has 0 N–H and O–H groups in total. The van der Waals surface area contributed by atoms with Crippen LogP contribution < -0.4 is 4.57 Å². The first-order valence-corrected chi connectivity index (χ1v) is 14.5. The van der Waals surface area contributed by atoms with Crippen LogP contribution in [0.25, 0.3) is 59.4 Å². The van der Waals surface area contributed by atoms with Crippen LogP contribution in [0.15, 0.2) is 58.1 Å². The van der Waals surface area contributed by atoms with Crippen LogP contribution in [0.3, 0.4) is 0 Å². The first-order chi connectivity index (χ1) is 19.2. The minimum absolute atomic E-state index is 0.266. The number of nitrogens with zero attached hydrogens (tertiary/aromatic N) is 4. The van der Waals surface area contributed by atoms with Gasteiger partial charge in [-0.15, -0.1) is 22.7 Å². The Morgan fingerprint density at radius 2 is 1.66 bits per heavy atom. The second-order valence-corrected chi connectivity index (χ2v) is 12.2. The monoisotopic (exact) mass is 539 g/mol. The van der Waals surface area contributed by atoms with Crippen molar-refractivity contribution in [1.82, 2.24) is 14.5 Å². The van der Waals surface area contributed by atoms with Crippen molar-refractivity contribution in [1.29, 1.82) is 0 Å². The smallest absolute Gasteiger partial charge is 0.298 e. The molecule has 0 saturated heterocycles. The van der Waals surface area contributed by atoms with Crippen LogP contribution in [-0.4, -0.2) is 14.5 Å². The van der Waals surface area contributed by atoms with E-state index in [1.165, 1.54) is 39.5 Å². The Hall–Kier alpha value is -3.55. The van der Waals surface area contributed by atoms with Crippen LogP contribution in [0.1, 0.15) is 59.0 Å². The van der Waals surface area contributed by atoms with Gasteiger partial charge in [0.05, 0.1) is 41.2 Å². The largest absolute Gasteiger partial charge is 0.453 e. The third-order valence-corrected chi connectivity index (χ3v) is 9.18. The maximum atomic E-state index is 8.44. The number of benzene rings is 3. The maximum Gasteiger partial charge on any atom is 0.298 e. The van der Waals surface area contributed by atoms with Crippen molar-refractivity contribution in [3.8, 4) is 17.1 Å².